The molecule has 0 bridgehead atoms. The average Bonchev–Trinajstić information content (AvgIpc) is 3.03. The van der Waals surface area contributed by atoms with Crippen molar-refractivity contribution >= 4 is 28.7 Å². The van der Waals surface area contributed by atoms with Crippen molar-refractivity contribution in [3.63, 3.8) is 0 Å². The number of hydrogen-bond donors (Lipinski definition) is 3. The van der Waals surface area contributed by atoms with Gasteiger partial charge in [-0.15, -0.1) is 0 Å². The quantitative estimate of drug-likeness (QED) is 0.496. The fraction of sp³-hybridized carbons (Fsp3) is 0.389. The first-order valence-electron chi connectivity index (χ1n) is 8.53. The minimum absolute atomic E-state index is 0.109. The zero-order chi connectivity index (χ0) is 18.5. The summed E-state index contributed by atoms with van der Waals surface area (Å²) in [6, 6.07) is 5.17. The maximum atomic E-state index is 12.1. The molecule has 2 heterocycles. The summed E-state index contributed by atoms with van der Waals surface area (Å²) in [7, 11) is 0. The standard InChI is InChI=1S/C18H21N3O5/c19-6-1-7-20-17(23)10-25-11-2-4-15-13(8-11)14(9-26-15)12-3-5-16(22)21-18(12)24/h2,4,8-9,12H,1,3,5-7,10,19H2,(H,20,23)(H,21,22,24). The third-order valence-corrected chi connectivity index (χ3v) is 4.26. The van der Waals surface area contributed by atoms with Crippen molar-refractivity contribution in [3.05, 3.63) is 30.0 Å². The van der Waals surface area contributed by atoms with E-state index in [4.69, 9.17) is 14.9 Å². The SMILES string of the molecule is NCCCNC(=O)COc1ccc2occ(C3CCC(=O)NC3=O)c2c1. The predicted molar refractivity (Wildman–Crippen MR) is 93.5 cm³/mol. The van der Waals surface area contributed by atoms with Gasteiger partial charge in [-0.05, 0) is 37.6 Å². The van der Waals surface area contributed by atoms with Crippen LogP contribution in [0.1, 0.15) is 30.7 Å². The van der Waals surface area contributed by atoms with Gasteiger partial charge < -0.3 is 20.2 Å². The maximum absolute atomic E-state index is 12.1. The minimum atomic E-state index is -0.441. The van der Waals surface area contributed by atoms with Crippen LogP contribution in [-0.4, -0.2) is 37.4 Å². The lowest BCUT2D eigenvalue weighted by Gasteiger charge is -2.19. The Morgan fingerprint density at radius 2 is 2.23 bits per heavy atom. The van der Waals surface area contributed by atoms with Crippen molar-refractivity contribution in [2.24, 2.45) is 5.73 Å². The van der Waals surface area contributed by atoms with Crippen molar-refractivity contribution in [2.45, 2.75) is 25.2 Å². The second-order valence-electron chi connectivity index (χ2n) is 6.13. The molecule has 3 rings (SSSR count). The van der Waals surface area contributed by atoms with Gasteiger partial charge in [0.1, 0.15) is 11.3 Å². The topological polar surface area (TPSA) is 124 Å². The van der Waals surface area contributed by atoms with E-state index in [9.17, 15) is 14.4 Å². The molecule has 4 N–H and O–H groups in total. The molecule has 0 aliphatic carbocycles. The zero-order valence-corrected chi connectivity index (χ0v) is 14.2. The van der Waals surface area contributed by atoms with E-state index in [2.05, 4.69) is 10.6 Å². The number of ether oxygens (including phenoxy) is 1. The molecule has 26 heavy (non-hydrogen) atoms. The van der Waals surface area contributed by atoms with Crippen LogP contribution in [0.25, 0.3) is 11.0 Å². The van der Waals surface area contributed by atoms with Crippen LogP contribution in [0.3, 0.4) is 0 Å². The molecule has 3 amide bonds. The van der Waals surface area contributed by atoms with E-state index in [1.807, 2.05) is 0 Å². The van der Waals surface area contributed by atoms with Gasteiger partial charge in [-0.2, -0.15) is 0 Å². The normalized spacial score (nSPS) is 17.2. The van der Waals surface area contributed by atoms with Crippen molar-refractivity contribution in [2.75, 3.05) is 19.7 Å². The number of hydrogen-bond acceptors (Lipinski definition) is 6. The van der Waals surface area contributed by atoms with Gasteiger partial charge in [0.2, 0.25) is 11.8 Å². The Bertz CT molecular complexity index is 829. The Morgan fingerprint density at radius 3 is 3.00 bits per heavy atom. The molecule has 1 aromatic heterocycles. The monoisotopic (exact) mass is 359 g/mol. The Labute approximate surface area is 150 Å². The first-order chi connectivity index (χ1) is 12.6. The molecule has 138 valence electrons. The summed E-state index contributed by atoms with van der Waals surface area (Å²) in [6.07, 6.45) is 2.98. The van der Waals surface area contributed by atoms with Crippen molar-refractivity contribution < 1.29 is 23.5 Å². The van der Waals surface area contributed by atoms with Gasteiger partial charge >= 0.3 is 0 Å². The Kier molecular flexibility index (Phi) is 5.52. The van der Waals surface area contributed by atoms with E-state index in [1.165, 1.54) is 6.26 Å². The molecule has 0 saturated carbocycles. The number of rotatable bonds is 7. The molecule has 8 heteroatoms. The van der Waals surface area contributed by atoms with Gasteiger partial charge in [0, 0.05) is 23.9 Å². The number of furan rings is 1. The van der Waals surface area contributed by atoms with Crippen LogP contribution in [0.15, 0.2) is 28.9 Å². The summed E-state index contributed by atoms with van der Waals surface area (Å²) < 4.78 is 11.0. The third kappa shape index (κ3) is 4.02. The van der Waals surface area contributed by atoms with Crippen molar-refractivity contribution in [1.82, 2.24) is 10.6 Å². The number of carbonyl (C=O) groups is 3. The largest absolute Gasteiger partial charge is 0.484 e. The van der Waals surface area contributed by atoms with Crippen molar-refractivity contribution in [3.8, 4) is 5.75 Å². The van der Waals surface area contributed by atoms with Crippen molar-refractivity contribution in [1.29, 1.82) is 0 Å². The Morgan fingerprint density at radius 1 is 1.38 bits per heavy atom. The molecule has 8 nitrogen and oxygen atoms in total. The predicted octanol–water partition coefficient (Wildman–Crippen LogP) is 0.797. The number of carbonyl (C=O) groups excluding carboxylic acids is 3. The minimum Gasteiger partial charge on any atom is -0.484 e. The molecule has 1 aliphatic heterocycles. The number of benzene rings is 1. The van der Waals surface area contributed by atoms with Crippen LogP contribution in [0.5, 0.6) is 5.75 Å². The van der Waals surface area contributed by atoms with E-state index in [0.717, 1.165) is 5.39 Å². The van der Waals surface area contributed by atoms with Crippen LogP contribution in [0.2, 0.25) is 0 Å². The summed E-state index contributed by atoms with van der Waals surface area (Å²) in [5.41, 5.74) is 6.70. The molecular weight excluding hydrogens is 338 g/mol. The highest BCUT2D eigenvalue weighted by Crippen LogP contribution is 2.34. The number of piperidine rings is 1. The summed E-state index contributed by atoms with van der Waals surface area (Å²) in [5, 5.41) is 5.80. The number of nitrogens with two attached hydrogens (primary N) is 1. The smallest absolute Gasteiger partial charge is 0.257 e. The number of fused-ring (bicyclic) bond motifs is 1. The first kappa shape index (κ1) is 17.9. The van der Waals surface area contributed by atoms with Gasteiger partial charge in [-0.1, -0.05) is 0 Å². The molecule has 1 fully saturated rings. The molecular formula is C18H21N3O5. The first-order valence-corrected chi connectivity index (χ1v) is 8.53. The van der Waals surface area contributed by atoms with E-state index in [1.54, 1.807) is 18.2 Å². The second-order valence-corrected chi connectivity index (χ2v) is 6.13. The van der Waals surface area contributed by atoms with Gasteiger partial charge in [0.25, 0.3) is 5.91 Å². The maximum Gasteiger partial charge on any atom is 0.257 e. The zero-order valence-electron chi connectivity index (χ0n) is 14.2. The van der Waals surface area contributed by atoms with Gasteiger partial charge in [0.05, 0.1) is 12.2 Å². The fourth-order valence-electron chi connectivity index (χ4n) is 2.91. The molecule has 0 spiro atoms. The summed E-state index contributed by atoms with van der Waals surface area (Å²) >= 11 is 0. The molecule has 1 aliphatic rings. The van der Waals surface area contributed by atoms with Crippen LogP contribution >= 0.6 is 0 Å². The molecule has 1 atom stereocenters. The van der Waals surface area contributed by atoms with E-state index >= 15 is 0 Å². The van der Waals surface area contributed by atoms with E-state index < -0.39 is 5.92 Å². The number of amides is 3. The highest BCUT2D eigenvalue weighted by molar-refractivity contribution is 6.02. The van der Waals surface area contributed by atoms with Crippen LogP contribution < -0.4 is 21.1 Å². The highest BCUT2D eigenvalue weighted by Gasteiger charge is 2.30. The molecule has 2 aromatic rings. The van der Waals surface area contributed by atoms with Crippen LogP contribution in [-0.2, 0) is 14.4 Å². The highest BCUT2D eigenvalue weighted by atomic mass is 16.5. The second kappa shape index (κ2) is 8.01. The van der Waals surface area contributed by atoms with Crippen LogP contribution in [0.4, 0.5) is 0 Å². The molecule has 1 saturated heterocycles. The van der Waals surface area contributed by atoms with Gasteiger partial charge in [-0.25, -0.2) is 0 Å². The molecule has 1 aromatic carbocycles. The summed E-state index contributed by atoms with van der Waals surface area (Å²) in [5.74, 6) is -0.750. The Balaban J connectivity index is 1.71. The Hall–Kier alpha value is -2.87. The van der Waals surface area contributed by atoms with E-state index in [0.29, 0.717) is 49.2 Å². The summed E-state index contributed by atoms with van der Waals surface area (Å²) in [4.78, 5) is 35.1. The average molecular weight is 359 g/mol. The lowest BCUT2D eigenvalue weighted by molar-refractivity contribution is -0.134. The van der Waals surface area contributed by atoms with Gasteiger partial charge in [-0.3, -0.25) is 19.7 Å². The third-order valence-electron chi connectivity index (χ3n) is 4.26. The number of nitrogens with one attached hydrogen (secondary N) is 2. The molecule has 1 unspecified atom stereocenters. The number of imide groups is 1. The van der Waals surface area contributed by atoms with E-state index in [-0.39, 0.29) is 24.3 Å². The van der Waals surface area contributed by atoms with Crippen LogP contribution in [0, 0.1) is 0 Å². The summed E-state index contributed by atoms with van der Waals surface area (Å²) in [6.45, 7) is 0.919. The molecule has 0 radical (unpaired) electrons. The fourth-order valence-corrected chi connectivity index (χ4v) is 2.91. The lowest BCUT2D eigenvalue weighted by atomic mass is 9.90. The lowest BCUT2D eigenvalue weighted by Crippen LogP contribution is -2.39. The van der Waals surface area contributed by atoms with Gasteiger partial charge in [0.15, 0.2) is 6.61 Å².